The molecule has 2 N–H and O–H groups in total. The van der Waals surface area contributed by atoms with Gasteiger partial charge in [-0.15, -0.1) is 11.3 Å². The van der Waals surface area contributed by atoms with Crippen LogP contribution < -0.4 is 5.73 Å². The molecule has 2 aromatic heterocycles. The van der Waals surface area contributed by atoms with Crippen LogP contribution in [0.15, 0.2) is 5.38 Å². The molecule has 16 heavy (non-hydrogen) atoms. The molecule has 0 aliphatic rings. The predicted molar refractivity (Wildman–Crippen MR) is 62.3 cm³/mol. The molecule has 0 atom stereocenters. The number of nitrogens with two attached hydrogens (primary N) is 1. The van der Waals surface area contributed by atoms with E-state index in [-0.39, 0.29) is 0 Å². The Bertz CT molecular complexity index is 555. The average Bonchev–Trinajstić information content (AvgIpc) is 2.74. The number of carbonyl (C=O) groups is 1. The van der Waals surface area contributed by atoms with Crippen LogP contribution in [0.4, 0.5) is 0 Å². The number of carbonyl (C=O) groups excluding carboxylic acids is 1. The Hall–Kier alpha value is -1.69. The molecule has 84 valence electrons. The zero-order valence-electron chi connectivity index (χ0n) is 9.31. The number of aryl methyl sites for hydroxylation is 2. The Balaban J connectivity index is 2.54. The Morgan fingerprint density at radius 2 is 2.19 bits per heavy atom. The number of primary amides is 1. The lowest BCUT2D eigenvalue weighted by atomic mass is 10.2. The second-order valence-electron chi connectivity index (χ2n) is 3.57. The van der Waals surface area contributed by atoms with Crippen molar-refractivity contribution in [3.8, 4) is 10.6 Å². The second-order valence-corrected chi connectivity index (χ2v) is 4.43. The third kappa shape index (κ3) is 1.61. The highest BCUT2D eigenvalue weighted by atomic mass is 32.1. The van der Waals surface area contributed by atoms with E-state index in [0.29, 0.717) is 5.69 Å². The maximum atomic E-state index is 11.0. The van der Waals surface area contributed by atoms with Crippen molar-refractivity contribution in [2.45, 2.75) is 13.8 Å². The van der Waals surface area contributed by atoms with E-state index in [4.69, 9.17) is 5.73 Å². The van der Waals surface area contributed by atoms with E-state index in [0.717, 1.165) is 22.0 Å². The third-order valence-corrected chi connectivity index (χ3v) is 3.34. The van der Waals surface area contributed by atoms with Crippen LogP contribution in [0.3, 0.4) is 0 Å². The maximum Gasteiger partial charge on any atom is 0.268 e. The van der Waals surface area contributed by atoms with Crippen molar-refractivity contribution in [1.82, 2.24) is 14.8 Å². The van der Waals surface area contributed by atoms with Gasteiger partial charge in [0.15, 0.2) is 0 Å². The molecule has 2 rings (SSSR count). The summed E-state index contributed by atoms with van der Waals surface area (Å²) >= 11 is 1.41. The number of amides is 1. The fraction of sp³-hybridized carbons (Fsp3) is 0.300. The van der Waals surface area contributed by atoms with Crippen LogP contribution in [0.25, 0.3) is 10.6 Å². The molecule has 0 aromatic carbocycles. The predicted octanol–water partition coefficient (Wildman–Crippen LogP) is 1.26. The first-order valence-corrected chi connectivity index (χ1v) is 5.64. The summed E-state index contributed by atoms with van der Waals surface area (Å²) < 4.78 is 1.80. The van der Waals surface area contributed by atoms with E-state index in [1.165, 1.54) is 11.3 Å². The van der Waals surface area contributed by atoms with Crippen LogP contribution in [0.2, 0.25) is 0 Å². The van der Waals surface area contributed by atoms with Gasteiger partial charge in [-0.2, -0.15) is 5.10 Å². The minimum atomic E-state index is -0.498. The monoisotopic (exact) mass is 236 g/mol. The molecular formula is C10H12N4OS. The van der Waals surface area contributed by atoms with Crippen molar-refractivity contribution in [3.05, 3.63) is 22.5 Å². The molecule has 2 heterocycles. The van der Waals surface area contributed by atoms with Crippen LogP contribution >= 0.6 is 11.3 Å². The number of thiazole rings is 1. The van der Waals surface area contributed by atoms with Crippen LogP contribution in [0.1, 0.15) is 21.9 Å². The highest BCUT2D eigenvalue weighted by Gasteiger charge is 2.16. The van der Waals surface area contributed by atoms with Gasteiger partial charge in [0.1, 0.15) is 10.7 Å². The fourth-order valence-electron chi connectivity index (χ4n) is 1.58. The summed E-state index contributed by atoms with van der Waals surface area (Å²) in [5.41, 5.74) is 8.40. The van der Waals surface area contributed by atoms with Crippen LogP contribution in [-0.2, 0) is 7.05 Å². The van der Waals surface area contributed by atoms with E-state index in [1.54, 1.807) is 10.1 Å². The molecule has 0 radical (unpaired) electrons. The molecule has 0 saturated carbocycles. The summed E-state index contributed by atoms with van der Waals surface area (Å²) in [6, 6.07) is 0. The van der Waals surface area contributed by atoms with Crippen molar-refractivity contribution in [1.29, 1.82) is 0 Å². The molecule has 0 saturated heterocycles. The minimum Gasteiger partial charge on any atom is -0.364 e. The zero-order chi connectivity index (χ0) is 11.9. The van der Waals surface area contributed by atoms with Gasteiger partial charge < -0.3 is 5.73 Å². The first kappa shape index (κ1) is 10.8. The minimum absolute atomic E-state index is 0.308. The number of rotatable bonds is 2. The van der Waals surface area contributed by atoms with Gasteiger partial charge in [0.2, 0.25) is 0 Å². The largest absolute Gasteiger partial charge is 0.364 e. The van der Waals surface area contributed by atoms with Gasteiger partial charge in [0.25, 0.3) is 5.91 Å². The van der Waals surface area contributed by atoms with Crippen molar-refractivity contribution >= 4 is 17.2 Å². The molecular weight excluding hydrogens is 224 g/mol. The average molecular weight is 236 g/mol. The lowest BCUT2D eigenvalue weighted by molar-refractivity contribution is 0.0996. The smallest absolute Gasteiger partial charge is 0.268 e. The maximum absolute atomic E-state index is 11.0. The molecule has 2 aromatic rings. The fourth-order valence-corrected chi connectivity index (χ4v) is 2.54. The molecule has 5 nitrogen and oxygen atoms in total. The number of nitrogens with zero attached hydrogens (tertiary/aromatic N) is 3. The van der Waals surface area contributed by atoms with Crippen molar-refractivity contribution < 1.29 is 4.79 Å². The zero-order valence-corrected chi connectivity index (χ0v) is 10.1. The van der Waals surface area contributed by atoms with E-state index < -0.39 is 5.91 Å². The van der Waals surface area contributed by atoms with E-state index >= 15 is 0 Å². The molecule has 6 heteroatoms. The van der Waals surface area contributed by atoms with Crippen molar-refractivity contribution in [3.63, 3.8) is 0 Å². The summed E-state index contributed by atoms with van der Waals surface area (Å²) in [5.74, 6) is -0.498. The Morgan fingerprint density at radius 1 is 1.50 bits per heavy atom. The number of aromatic nitrogens is 3. The molecule has 0 aliphatic carbocycles. The SMILES string of the molecule is Cc1nn(C)c(C)c1-c1nc(C(N)=O)cs1. The van der Waals surface area contributed by atoms with Crippen LogP contribution in [0, 0.1) is 13.8 Å². The number of hydrogen-bond donors (Lipinski definition) is 1. The molecule has 0 fully saturated rings. The van der Waals surface area contributed by atoms with E-state index in [9.17, 15) is 4.79 Å². The first-order valence-electron chi connectivity index (χ1n) is 4.76. The highest BCUT2D eigenvalue weighted by molar-refractivity contribution is 7.13. The van der Waals surface area contributed by atoms with Crippen molar-refractivity contribution in [2.24, 2.45) is 12.8 Å². The molecule has 0 spiro atoms. The molecule has 0 bridgehead atoms. The standard InChI is InChI=1S/C10H12N4OS/c1-5-8(6(2)14(3)13-5)10-12-7(4-16-10)9(11)15/h4H,1-3H3,(H2,11,15). The summed E-state index contributed by atoms with van der Waals surface area (Å²) in [6.07, 6.45) is 0. The lowest BCUT2D eigenvalue weighted by Crippen LogP contribution is -2.11. The van der Waals surface area contributed by atoms with Gasteiger partial charge in [0, 0.05) is 18.1 Å². The molecule has 0 unspecified atom stereocenters. The van der Waals surface area contributed by atoms with Gasteiger partial charge in [0.05, 0.1) is 11.3 Å². The second kappa shape index (κ2) is 3.71. The first-order chi connectivity index (χ1) is 7.50. The summed E-state index contributed by atoms with van der Waals surface area (Å²) in [6.45, 7) is 3.90. The third-order valence-electron chi connectivity index (χ3n) is 2.48. The highest BCUT2D eigenvalue weighted by Crippen LogP contribution is 2.29. The normalized spacial score (nSPS) is 10.7. The van der Waals surface area contributed by atoms with Crippen LogP contribution in [-0.4, -0.2) is 20.7 Å². The van der Waals surface area contributed by atoms with E-state index in [1.807, 2.05) is 20.9 Å². The number of hydrogen-bond acceptors (Lipinski definition) is 4. The molecule has 1 amide bonds. The summed E-state index contributed by atoms with van der Waals surface area (Å²) in [7, 11) is 1.88. The van der Waals surface area contributed by atoms with Crippen molar-refractivity contribution in [2.75, 3.05) is 0 Å². The summed E-state index contributed by atoms with van der Waals surface area (Å²) in [4.78, 5) is 15.2. The quantitative estimate of drug-likeness (QED) is 0.853. The van der Waals surface area contributed by atoms with E-state index in [2.05, 4.69) is 10.1 Å². The van der Waals surface area contributed by atoms with Gasteiger partial charge in [-0.05, 0) is 13.8 Å². The topological polar surface area (TPSA) is 73.8 Å². The van der Waals surface area contributed by atoms with Gasteiger partial charge in [-0.3, -0.25) is 9.48 Å². The van der Waals surface area contributed by atoms with Crippen LogP contribution in [0.5, 0.6) is 0 Å². The Morgan fingerprint density at radius 3 is 2.62 bits per heavy atom. The summed E-state index contributed by atoms with van der Waals surface area (Å²) in [5, 5.41) is 6.77. The van der Waals surface area contributed by atoms with Gasteiger partial charge >= 0.3 is 0 Å². The van der Waals surface area contributed by atoms with Gasteiger partial charge in [-0.1, -0.05) is 0 Å². The lowest BCUT2D eigenvalue weighted by Gasteiger charge is -1.96. The van der Waals surface area contributed by atoms with Gasteiger partial charge in [-0.25, -0.2) is 4.98 Å². The Kier molecular flexibility index (Phi) is 2.51. The molecule has 0 aliphatic heterocycles. The Labute approximate surface area is 96.9 Å².